The molecule has 186 valence electrons. The van der Waals surface area contributed by atoms with Crippen LogP contribution in [-0.2, 0) is 18.4 Å². The van der Waals surface area contributed by atoms with Crippen LogP contribution in [0.3, 0.4) is 0 Å². The van der Waals surface area contributed by atoms with Crippen molar-refractivity contribution in [2.24, 2.45) is 13.0 Å². The van der Waals surface area contributed by atoms with Crippen LogP contribution in [-0.4, -0.2) is 53.0 Å². The molecular weight excluding hydrogens is 450 g/mol. The highest BCUT2D eigenvalue weighted by molar-refractivity contribution is 5.70. The fourth-order valence-electron chi connectivity index (χ4n) is 4.11. The highest BCUT2D eigenvalue weighted by Crippen LogP contribution is 2.30. The first-order valence-corrected chi connectivity index (χ1v) is 11.8. The first kappa shape index (κ1) is 24.4. The lowest BCUT2D eigenvalue weighted by Crippen LogP contribution is -2.29. The fourth-order valence-corrected chi connectivity index (χ4v) is 4.11. The molecule has 1 aliphatic carbocycles. The van der Waals surface area contributed by atoms with Gasteiger partial charge in [-0.15, -0.1) is 0 Å². The van der Waals surface area contributed by atoms with Crippen LogP contribution >= 0.6 is 0 Å². The van der Waals surface area contributed by atoms with Crippen LogP contribution in [0.5, 0.6) is 11.6 Å². The van der Waals surface area contributed by atoms with E-state index in [2.05, 4.69) is 30.4 Å². The number of hydrogen-bond acceptors (Lipinski definition) is 9. The average molecular weight is 482 g/mol. The molecule has 3 heterocycles. The summed E-state index contributed by atoms with van der Waals surface area (Å²) in [4.78, 5) is 29.2. The molecule has 11 nitrogen and oxygen atoms in total. The molecule has 1 aliphatic rings. The maximum absolute atomic E-state index is 11.4. The second-order valence-electron chi connectivity index (χ2n) is 8.95. The van der Waals surface area contributed by atoms with Crippen molar-refractivity contribution in [2.75, 3.05) is 5.32 Å². The van der Waals surface area contributed by atoms with Crippen molar-refractivity contribution >= 4 is 11.9 Å². The lowest BCUT2D eigenvalue weighted by atomic mass is 9.87. The van der Waals surface area contributed by atoms with Crippen LogP contribution in [0, 0.1) is 12.8 Å². The standard InChI is InChI=1S/C24H31N7O4/c1-14(2)34-21-8-9-25-24(30-21)27-12-19-18(11-28-31(19)4)22-26-13-20(15(3)29-22)35-17-7-5-6-16(10-17)23(32)33/h8-9,11,13-14,16-17H,5-7,10,12H2,1-4H3,(H,32,33)(H,25,27,30)/t16-,17-/m0/s1. The number of nitrogens with zero attached hydrogens (tertiary/aromatic N) is 6. The van der Waals surface area contributed by atoms with E-state index in [-0.39, 0.29) is 18.1 Å². The Kier molecular flexibility index (Phi) is 7.42. The lowest BCUT2D eigenvalue weighted by Gasteiger charge is -2.27. The Hall–Kier alpha value is -3.76. The molecular formula is C24H31N7O4. The molecule has 0 saturated heterocycles. The van der Waals surface area contributed by atoms with Gasteiger partial charge in [0.2, 0.25) is 11.8 Å². The maximum atomic E-state index is 11.4. The maximum Gasteiger partial charge on any atom is 0.306 e. The summed E-state index contributed by atoms with van der Waals surface area (Å²) in [6.07, 6.45) is 7.76. The molecule has 3 aromatic heterocycles. The Bertz CT molecular complexity index is 1180. The minimum absolute atomic E-state index is 0.0190. The van der Waals surface area contributed by atoms with Gasteiger partial charge in [0.15, 0.2) is 11.6 Å². The van der Waals surface area contributed by atoms with Gasteiger partial charge in [0, 0.05) is 19.3 Å². The molecule has 11 heteroatoms. The third-order valence-corrected chi connectivity index (χ3v) is 5.91. The number of aliphatic carboxylic acids is 1. The molecule has 4 rings (SSSR count). The smallest absolute Gasteiger partial charge is 0.306 e. The highest BCUT2D eigenvalue weighted by Gasteiger charge is 2.28. The van der Waals surface area contributed by atoms with Crippen molar-refractivity contribution in [1.29, 1.82) is 0 Å². The van der Waals surface area contributed by atoms with Gasteiger partial charge in [0.05, 0.1) is 54.0 Å². The molecule has 2 N–H and O–H groups in total. The van der Waals surface area contributed by atoms with Crippen LogP contribution in [0.4, 0.5) is 5.95 Å². The zero-order valence-corrected chi connectivity index (χ0v) is 20.4. The van der Waals surface area contributed by atoms with Gasteiger partial charge in [0.25, 0.3) is 0 Å². The van der Waals surface area contributed by atoms with Crippen molar-refractivity contribution in [3.8, 4) is 23.0 Å². The van der Waals surface area contributed by atoms with E-state index in [9.17, 15) is 9.90 Å². The first-order valence-electron chi connectivity index (χ1n) is 11.8. The van der Waals surface area contributed by atoms with E-state index in [1.54, 1.807) is 29.3 Å². The molecule has 1 saturated carbocycles. The first-order chi connectivity index (χ1) is 16.8. The Morgan fingerprint density at radius 1 is 1.26 bits per heavy atom. The normalized spacial score (nSPS) is 17.9. The molecule has 2 atom stereocenters. The van der Waals surface area contributed by atoms with Gasteiger partial charge in [0.1, 0.15) is 0 Å². The van der Waals surface area contributed by atoms with Gasteiger partial charge >= 0.3 is 5.97 Å². The molecule has 3 aromatic rings. The largest absolute Gasteiger partial charge is 0.487 e. The van der Waals surface area contributed by atoms with Gasteiger partial charge in [-0.25, -0.2) is 15.0 Å². The number of rotatable bonds is 9. The Balaban J connectivity index is 1.46. The number of hydrogen-bond donors (Lipinski definition) is 2. The quantitative estimate of drug-likeness (QED) is 0.468. The van der Waals surface area contributed by atoms with Crippen molar-refractivity contribution < 1.29 is 19.4 Å². The predicted molar refractivity (Wildman–Crippen MR) is 128 cm³/mol. The van der Waals surface area contributed by atoms with Gasteiger partial charge in [-0.3, -0.25) is 9.48 Å². The van der Waals surface area contributed by atoms with Gasteiger partial charge < -0.3 is 19.9 Å². The molecule has 1 fully saturated rings. The van der Waals surface area contributed by atoms with E-state index in [4.69, 9.17) is 9.47 Å². The number of carbonyl (C=O) groups is 1. The van der Waals surface area contributed by atoms with E-state index in [1.807, 2.05) is 27.8 Å². The number of aryl methyl sites for hydroxylation is 2. The third kappa shape index (κ3) is 6.03. The lowest BCUT2D eigenvalue weighted by molar-refractivity contribution is -0.143. The summed E-state index contributed by atoms with van der Waals surface area (Å²) in [6.45, 7) is 6.16. The van der Waals surface area contributed by atoms with E-state index in [1.165, 1.54) is 0 Å². The van der Waals surface area contributed by atoms with Gasteiger partial charge in [-0.2, -0.15) is 10.1 Å². The summed E-state index contributed by atoms with van der Waals surface area (Å²) in [6, 6.07) is 1.72. The second kappa shape index (κ2) is 10.7. The Morgan fingerprint density at radius 3 is 2.83 bits per heavy atom. The molecule has 0 spiro atoms. The SMILES string of the molecule is Cc1nc(-c2cnn(C)c2CNc2nccc(OC(C)C)n2)ncc1O[C@H]1CCC[C@H](C(=O)O)C1. The molecule has 0 unspecified atom stereocenters. The fraction of sp³-hybridized carbons (Fsp3) is 0.500. The minimum Gasteiger partial charge on any atom is -0.487 e. The van der Waals surface area contributed by atoms with E-state index < -0.39 is 5.97 Å². The Labute approximate surface area is 204 Å². The van der Waals surface area contributed by atoms with Crippen LogP contribution in [0.25, 0.3) is 11.4 Å². The summed E-state index contributed by atoms with van der Waals surface area (Å²) in [5, 5.41) is 16.9. The van der Waals surface area contributed by atoms with E-state index >= 15 is 0 Å². The number of carboxylic acids is 1. The van der Waals surface area contributed by atoms with Gasteiger partial charge in [-0.05, 0) is 46.5 Å². The minimum atomic E-state index is -0.760. The number of anilines is 1. The summed E-state index contributed by atoms with van der Waals surface area (Å²) in [7, 11) is 1.85. The number of ether oxygens (including phenoxy) is 2. The number of nitrogens with one attached hydrogen (secondary N) is 1. The Morgan fingerprint density at radius 2 is 2.09 bits per heavy atom. The van der Waals surface area contributed by atoms with E-state index in [0.29, 0.717) is 48.5 Å². The van der Waals surface area contributed by atoms with Crippen molar-refractivity contribution in [3.05, 3.63) is 36.0 Å². The topological polar surface area (TPSA) is 137 Å². The third-order valence-electron chi connectivity index (χ3n) is 5.91. The molecule has 0 aliphatic heterocycles. The second-order valence-corrected chi connectivity index (χ2v) is 8.95. The highest BCUT2D eigenvalue weighted by atomic mass is 16.5. The summed E-state index contributed by atoms with van der Waals surface area (Å²) >= 11 is 0. The summed E-state index contributed by atoms with van der Waals surface area (Å²) < 4.78 is 13.5. The number of carboxylic acid groups (broad SMARTS) is 1. The molecule has 0 radical (unpaired) electrons. The van der Waals surface area contributed by atoms with E-state index in [0.717, 1.165) is 24.1 Å². The van der Waals surface area contributed by atoms with Crippen molar-refractivity contribution in [1.82, 2.24) is 29.7 Å². The van der Waals surface area contributed by atoms with Crippen molar-refractivity contribution in [3.63, 3.8) is 0 Å². The van der Waals surface area contributed by atoms with Crippen LogP contribution < -0.4 is 14.8 Å². The number of aromatic nitrogens is 6. The zero-order chi connectivity index (χ0) is 24.9. The molecule has 0 aromatic carbocycles. The van der Waals surface area contributed by atoms with Gasteiger partial charge in [-0.1, -0.05) is 0 Å². The van der Waals surface area contributed by atoms with Crippen LogP contribution in [0.2, 0.25) is 0 Å². The molecule has 0 amide bonds. The average Bonchev–Trinajstić information content (AvgIpc) is 3.19. The van der Waals surface area contributed by atoms with Crippen LogP contribution in [0.15, 0.2) is 24.7 Å². The molecule has 0 bridgehead atoms. The summed E-state index contributed by atoms with van der Waals surface area (Å²) in [5.74, 6) is 0.937. The van der Waals surface area contributed by atoms with Crippen LogP contribution in [0.1, 0.15) is 50.9 Å². The zero-order valence-electron chi connectivity index (χ0n) is 20.4. The van der Waals surface area contributed by atoms with Crippen molar-refractivity contribution in [2.45, 2.75) is 65.2 Å². The molecule has 35 heavy (non-hydrogen) atoms. The predicted octanol–water partition coefficient (Wildman–Crippen LogP) is 3.40. The monoisotopic (exact) mass is 481 g/mol. The summed E-state index contributed by atoms with van der Waals surface area (Å²) in [5.41, 5.74) is 2.35.